The maximum atomic E-state index is 11.9. The first-order valence-electron chi connectivity index (χ1n) is 7.34. The minimum atomic E-state index is -0.255. The summed E-state index contributed by atoms with van der Waals surface area (Å²) in [6.45, 7) is 1.47. The average Bonchev–Trinajstić information content (AvgIpc) is 2.48. The highest BCUT2D eigenvalue weighted by molar-refractivity contribution is 6.01. The summed E-state index contributed by atoms with van der Waals surface area (Å²) in [5.74, 6) is -0.346. The number of anilines is 1. The van der Waals surface area contributed by atoms with E-state index >= 15 is 0 Å². The molecule has 1 atom stereocenters. The minimum Gasteiger partial charge on any atom is -0.371 e. The first-order valence-corrected chi connectivity index (χ1v) is 7.34. The van der Waals surface area contributed by atoms with Gasteiger partial charge in [0, 0.05) is 38.0 Å². The maximum Gasteiger partial charge on any atom is 0.234 e. The highest BCUT2D eigenvalue weighted by Gasteiger charge is 2.28. The number of rotatable bonds is 2. The summed E-state index contributed by atoms with van der Waals surface area (Å²) in [6, 6.07) is 7.88. The van der Waals surface area contributed by atoms with Gasteiger partial charge < -0.3 is 4.90 Å². The van der Waals surface area contributed by atoms with Crippen molar-refractivity contribution in [2.24, 2.45) is 0 Å². The van der Waals surface area contributed by atoms with Gasteiger partial charge in [-0.1, -0.05) is 12.1 Å². The van der Waals surface area contributed by atoms with Crippen LogP contribution in [0.3, 0.4) is 0 Å². The fourth-order valence-corrected chi connectivity index (χ4v) is 2.96. The molecule has 110 valence electrons. The monoisotopic (exact) mass is 286 g/mol. The van der Waals surface area contributed by atoms with Crippen molar-refractivity contribution in [2.45, 2.75) is 31.6 Å². The van der Waals surface area contributed by atoms with Gasteiger partial charge in [-0.3, -0.25) is 19.7 Å². The van der Waals surface area contributed by atoms with E-state index in [-0.39, 0.29) is 17.7 Å². The molecule has 1 N–H and O–H groups in total. The van der Waals surface area contributed by atoms with E-state index in [1.54, 1.807) is 0 Å². The Labute approximate surface area is 123 Å². The van der Waals surface area contributed by atoms with Gasteiger partial charge in [0.25, 0.3) is 0 Å². The molecule has 0 aromatic heterocycles. The van der Waals surface area contributed by atoms with E-state index in [2.05, 4.69) is 10.2 Å². The molecule has 2 aliphatic heterocycles. The van der Waals surface area contributed by atoms with Crippen molar-refractivity contribution in [3.05, 3.63) is 29.8 Å². The largest absolute Gasteiger partial charge is 0.371 e. The lowest BCUT2D eigenvalue weighted by Crippen LogP contribution is -2.39. The Bertz CT molecular complexity index is 587. The third-order valence-corrected chi connectivity index (χ3v) is 4.20. The van der Waals surface area contributed by atoms with Gasteiger partial charge >= 0.3 is 0 Å². The van der Waals surface area contributed by atoms with Gasteiger partial charge in [-0.05, 0) is 24.1 Å². The molecule has 0 aliphatic carbocycles. The fraction of sp³-hybridized carbons (Fsp3) is 0.438. The summed E-state index contributed by atoms with van der Waals surface area (Å²) in [6.07, 6.45) is 2.12. The van der Waals surface area contributed by atoms with Crippen molar-refractivity contribution < 1.29 is 14.4 Å². The lowest BCUT2D eigenvalue weighted by molar-refractivity contribution is -0.134. The van der Waals surface area contributed by atoms with E-state index in [1.165, 1.54) is 0 Å². The lowest BCUT2D eigenvalue weighted by Gasteiger charge is -2.29. The van der Waals surface area contributed by atoms with Crippen molar-refractivity contribution in [3.8, 4) is 0 Å². The topological polar surface area (TPSA) is 66.5 Å². The van der Waals surface area contributed by atoms with Crippen molar-refractivity contribution in [1.82, 2.24) is 5.32 Å². The van der Waals surface area contributed by atoms with E-state index in [0.29, 0.717) is 31.5 Å². The molecule has 1 aromatic rings. The number of imide groups is 1. The smallest absolute Gasteiger partial charge is 0.234 e. The lowest BCUT2D eigenvalue weighted by atomic mass is 9.90. The number of Topliss-reactive ketones (excluding diaryl/α,β-unsaturated/α-hetero) is 1. The second kappa shape index (κ2) is 5.68. The van der Waals surface area contributed by atoms with Crippen LogP contribution in [-0.2, 0) is 14.4 Å². The summed E-state index contributed by atoms with van der Waals surface area (Å²) in [4.78, 5) is 36.7. The first-order chi connectivity index (χ1) is 10.1. The molecule has 2 saturated heterocycles. The summed E-state index contributed by atoms with van der Waals surface area (Å²) in [5, 5.41) is 2.40. The van der Waals surface area contributed by atoms with Crippen LogP contribution in [0.25, 0.3) is 0 Å². The van der Waals surface area contributed by atoms with Crippen molar-refractivity contribution >= 4 is 23.3 Å². The molecule has 0 saturated carbocycles. The molecule has 0 radical (unpaired) electrons. The van der Waals surface area contributed by atoms with E-state index in [4.69, 9.17) is 0 Å². The van der Waals surface area contributed by atoms with Gasteiger partial charge in [0.1, 0.15) is 5.78 Å². The Morgan fingerprint density at radius 1 is 1.05 bits per heavy atom. The zero-order chi connectivity index (χ0) is 14.8. The Balaban J connectivity index is 1.78. The van der Waals surface area contributed by atoms with E-state index in [0.717, 1.165) is 24.3 Å². The molecular formula is C16H18N2O3. The number of carbonyl (C=O) groups excluding carboxylic acids is 3. The van der Waals surface area contributed by atoms with Crippen LogP contribution in [0.5, 0.6) is 0 Å². The summed E-state index contributed by atoms with van der Waals surface area (Å²) < 4.78 is 0. The van der Waals surface area contributed by atoms with Crippen LogP contribution >= 0.6 is 0 Å². The number of benzene rings is 1. The second-order valence-electron chi connectivity index (χ2n) is 5.62. The van der Waals surface area contributed by atoms with Crippen molar-refractivity contribution in [2.75, 3.05) is 18.0 Å². The molecule has 3 rings (SSSR count). The summed E-state index contributed by atoms with van der Waals surface area (Å²) in [5.41, 5.74) is 1.99. The zero-order valence-corrected chi connectivity index (χ0v) is 11.8. The average molecular weight is 286 g/mol. The molecule has 5 nitrogen and oxygen atoms in total. The van der Waals surface area contributed by atoms with Gasteiger partial charge in [0.05, 0.1) is 5.92 Å². The predicted molar refractivity (Wildman–Crippen MR) is 78.0 cm³/mol. The fourth-order valence-electron chi connectivity index (χ4n) is 2.96. The van der Waals surface area contributed by atoms with Gasteiger partial charge in [-0.15, -0.1) is 0 Å². The molecule has 2 amide bonds. The molecule has 5 heteroatoms. The number of carbonyl (C=O) groups is 3. The Hall–Kier alpha value is -2.17. The third-order valence-electron chi connectivity index (χ3n) is 4.20. The van der Waals surface area contributed by atoms with Gasteiger partial charge in [-0.25, -0.2) is 0 Å². The molecule has 21 heavy (non-hydrogen) atoms. The van der Waals surface area contributed by atoms with Crippen LogP contribution < -0.4 is 10.2 Å². The van der Waals surface area contributed by atoms with Crippen LogP contribution in [0.15, 0.2) is 24.3 Å². The Kier molecular flexibility index (Phi) is 3.73. The highest BCUT2D eigenvalue weighted by Crippen LogP contribution is 2.28. The molecule has 2 aliphatic rings. The predicted octanol–water partition coefficient (Wildman–Crippen LogP) is 1.38. The molecule has 1 unspecified atom stereocenters. The first kappa shape index (κ1) is 13.8. The van der Waals surface area contributed by atoms with Crippen molar-refractivity contribution in [1.29, 1.82) is 0 Å². The standard InChI is InChI=1S/C16H18N2O3/c19-13-6-8-18(9-7-13)12-3-1-2-11(10-12)14-4-5-15(20)17-16(14)21/h1-3,10,14H,4-9H2,(H,17,20,21). The minimum absolute atomic E-state index is 0.193. The number of ketones is 1. The van der Waals surface area contributed by atoms with Gasteiger partial charge in [-0.2, -0.15) is 0 Å². The maximum absolute atomic E-state index is 11.9. The zero-order valence-electron chi connectivity index (χ0n) is 11.8. The Morgan fingerprint density at radius 2 is 1.81 bits per heavy atom. The molecule has 0 spiro atoms. The summed E-state index contributed by atoms with van der Waals surface area (Å²) in [7, 11) is 0. The molecule has 2 heterocycles. The number of nitrogens with zero attached hydrogens (tertiary/aromatic N) is 1. The number of hydrogen-bond acceptors (Lipinski definition) is 4. The molecule has 2 fully saturated rings. The second-order valence-corrected chi connectivity index (χ2v) is 5.62. The number of nitrogens with one attached hydrogen (secondary N) is 1. The van der Waals surface area contributed by atoms with Crippen molar-refractivity contribution in [3.63, 3.8) is 0 Å². The third kappa shape index (κ3) is 2.96. The molecular weight excluding hydrogens is 268 g/mol. The van der Waals surface area contributed by atoms with Crippen LogP contribution in [-0.4, -0.2) is 30.7 Å². The van der Waals surface area contributed by atoms with Crippen LogP contribution in [0.1, 0.15) is 37.2 Å². The van der Waals surface area contributed by atoms with Crippen LogP contribution in [0.2, 0.25) is 0 Å². The van der Waals surface area contributed by atoms with Gasteiger partial charge in [0.2, 0.25) is 11.8 Å². The van der Waals surface area contributed by atoms with E-state index in [1.807, 2.05) is 24.3 Å². The molecule has 0 bridgehead atoms. The number of hydrogen-bond donors (Lipinski definition) is 1. The van der Waals surface area contributed by atoms with Crippen LogP contribution in [0, 0.1) is 0 Å². The number of amides is 2. The van der Waals surface area contributed by atoms with E-state index < -0.39 is 0 Å². The highest BCUT2D eigenvalue weighted by atomic mass is 16.2. The summed E-state index contributed by atoms with van der Waals surface area (Å²) >= 11 is 0. The SMILES string of the molecule is O=C1CCN(c2cccc(C3CCC(=O)NC3=O)c2)CC1. The van der Waals surface area contributed by atoms with Crippen LogP contribution in [0.4, 0.5) is 5.69 Å². The quantitative estimate of drug-likeness (QED) is 0.834. The van der Waals surface area contributed by atoms with Gasteiger partial charge in [0.15, 0.2) is 0 Å². The normalized spacial score (nSPS) is 23.1. The number of piperidine rings is 2. The Morgan fingerprint density at radius 3 is 2.52 bits per heavy atom. The van der Waals surface area contributed by atoms with E-state index in [9.17, 15) is 14.4 Å². The molecule has 1 aromatic carbocycles.